The molecule has 0 radical (unpaired) electrons. The molecule has 0 saturated carbocycles. The third-order valence-electron chi connectivity index (χ3n) is 1.01. The van der Waals surface area contributed by atoms with Crippen LogP contribution in [0.5, 0.6) is 0 Å². The van der Waals surface area contributed by atoms with Crippen molar-refractivity contribution < 1.29 is 4.74 Å². The van der Waals surface area contributed by atoms with E-state index in [4.69, 9.17) is 16.3 Å². The van der Waals surface area contributed by atoms with E-state index in [9.17, 15) is 0 Å². The van der Waals surface area contributed by atoms with Crippen molar-refractivity contribution in [2.75, 3.05) is 19.7 Å². The van der Waals surface area contributed by atoms with Gasteiger partial charge in [0, 0.05) is 19.7 Å². The first-order chi connectivity index (χ1) is 4.35. The molecule has 0 spiro atoms. The van der Waals surface area contributed by atoms with Gasteiger partial charge in [-0.25, -0.2) is 0 Å². The van der Waals surface area contributed by atoms with E-state index in [0.717, 1.165) is 0 Å². The number of hydrazine groups is 1. The molecule has 5 N–H and O–H groups in total. The topological polar surface area (TPSA) is 73.3 Å². The molecule has 0 bridgehead atoms. The molecule has 4 heteroatoms. The van der Waals surface area contributed by atoms with Gasteiger partial charge in [0.25, 0.3) is 0 Å². The van der Waals surface area contributed by atoms with E-state index in [1.807, 2.05) is 6.92 Å². The summed E-state index contributed by atoms with van der Waals surface area (Å²) in [6, 6.07) is 0. The van der Waals surface area contributed by atoms with Crippen molar-refractivity contribution >= 4 is 0 Å². The number of hydrogen-bond acceptors (Lipinski definition) is 4. The molecular weight excluding hydrogens is 118 g/mol. The minimum atomic E-state index is 0.0556. The van der Waals surface area contributed by atoms with Crippen molar-refractivity contribution in [1.82, 2.24) is 5.43 Å². The summed E-state index contributed by atoms with van der Waals surface area (Å²) in [5, 5.41) is 0. The van der Waals surface area contributed by atoms with Crippen LogP contribution < -0.4 is 17.0 Å². The molecule has 56 valence electrons. The quantitative estimate of drug-likeness (QED) is 0.326. The Morgan fingerprint density at radius 2 is 2.33 bits per heavy atom. The predicted molar refractivity (Wildman–Crippen MR) is 36.7 cm³/mol. The molecule has 0 heterocycles. The fraction of sp³-hybridized carbons (Fsp3) is 1.00. The molecule has 0 aliphatic rings. The number of nitrogens with two attached hydrogens (primary N) is 2. The first-order valence-electron chi connectivity index (χ1n) is 3.10. The largest absolute Gasteiger partial charge is 0.376 e. The summed E-state index contributed by atoms with van der Waals surface area (Å²) < 4.78 is 5.16. The smallest absolute Gasteiger partial charge is 0.0835 e. The van der Waals surface area contributed by atoms with Crippen molar-refractivity contribution in [3.63, 3.8) is 0 Å². The highest BCUT2D eigenvalue weighted by Gasteiger charge is 2.01. The molecule has 1 unspecified atom stereocenters. The van der Waals surface area contributed by atoms with Gasteiger partial charge in [-0.05, 0) is 6.92 Å². The Kier molecular flexibility index (Phi) is 5.86. The van der Waals surface area contributed by atoms with Crippen LogP contribution in [0.4, 0.5) is 0 Å². The highest BCUT2D eigenvalue weighted by atomic mass is 16.5. The average Bonchev–Trinajstić information content (AvgIpc) is 1.88. The SMILES string of the molecule is CCOC(CN)CNN. The maximum atomic E-state index is 5.32. The zero-order chi connectivity index (χ0) is 7.11. The van der Waals surface area contributed by atoms with Crippen LogP contribution in [0.1, 0.15) is 6.92 Å². The van der Waals surface area contributed by atoms with Gasteiger partial charge in [-0.3, -0.25) is 11.3 Å². The van der Waals surface area contributed by atoms with Gasteiger partial charge in [0.05, 0.1) is 6.10 Å². The van der Waals surface area contributed by atoms with Crippen LogP contribution in [0, 0.1) is 0 Å². The number of rotatable bonds is 5. The van der Waals surface area contributed by atoms with Crippen LogP contribution in [-0.2, 0) is 4.74 Å². The van der Waals surface area contributed by atoms with Gasteiger partial charge >= 0.3 is 0 Å². The van der Waals surface area contributed by atoms with Crippen molar-refractivity contribution in [1.29, 1.82) is 0 Å². The summed E-state index contributed by atoms with van der Waals surface area (Å²) >= 11 is 0. The second kappa shape index (κ2) is 5.97. The number of ether oxygens (including phenoxy) is 1. The second-order valence-corrected chi connectivity index (χ2v) is 1.72. The van der Waals surface area contributed by atoms with E-state index in [1.165, 1.54) is 0 Å². The molecule has 0 amide bonds. The summed E-state index contributed by atoms with van der Waals surface area (Å²) in [5.41, 5.74) is 7.82. The fourth-order valence-electron chi connectivity index (χ4n) is 0.577. The molecule has 0 fully saturated rings. The van der Waals surface area contributed by atoms with E-state index in [1.54, 1.807) is 0 Å². The molecule has 9 heavy (non-hydrogen) atoms. The zero-order valence-electron chi connectivity index (χ0n) is 5.76. The van der Waals surface area contributed by atoms with E-state index in [2.05, 4.69) is 5.43 Å². The van der Waals surface area contributed by atoms with E-state index in [0.29, 0.717) is 19.7 Å². The van der Waals surface area contributed by atoms with Gasteiger partial charge < -0.3 is 10.5 Å². The Morgan fingerprint density at radius 3 is 2.67 bits per heavy atom. The molecule has 0 aromatic rings. The van der Waals surface area contributed by atoms with Gasteiger partial charge in [0.1, 0.15) is 0 Å². The van der Waals surface area contributed by atoms with Crippen LogP contribution in [0.2, 0.25) is 0 Å². The third kappa shape index (κ3) is 4.35. The lowest BCUT2D eigenvalue weighted by Gasteiger charge is -2.12. The monoisotopic (exact) mass is 133 g/mol. The number of nitrogens with one attached hydrogen (secondary N) is 1. The van der Waals surface area contributed by atoms with Gasteiger partial charge in [-0.1, -0.05) is 0 Å². The van der Waals surface area contributed by atoms with Crippen LogP contribution in [0.25, 0.3) is 0 Å². The Bertz CT molecular complexity index is 54.2. The normalized spacial score (nSPS) is 13.7. The highest BCUT2D eigenvalue weighted by Crippen LogP contribution is 1.84. The maximum absolute atomic E-state index is 5.32. The molecule has 0 rings (SSSR count). The molecule has 1 atom stereocenters. The Hall–Kier alpha value is -0.160. The van der Waals surface area contributed by atoms with Crippen LogP contribution in [0.3, 0.4) is 0 Å². The van der Waals surface area contributed by atoms with Gasteiger partial charge in [-0.2, -0.15) is 0 Å². The molecular formula is C5H15N3O. The van der Waals surface area contributed by atoms with Crippen molar-refractivity contribution in [2.24, 2.45) is 11.6 Å². The van der Waals surface area contributed by atoms with Crippen molar-refractivity contribution in [3.8, 4) is 0 Å². The molecule has 0 aliphatic carbocycles. The van der Waals surface area contributed by atoms with Gasteiger partial charge in [0.15, 0.2) is 0 Å². The second-order valence-electron chi connectivity index (χ2n) is 1.72. The standard InChI is InChI=1S/C5H15N3O/c1-2-9-5(3-6)4-8-7/h5,8H,2-4,6-7H2,1H3. The highest BCUT2D eigenvalue weighted by molar-refractivity contribution is 4.58. The minimum absolute atomic E-state index is 0.0556. The van der Waals surface area contributed by atoms with Gasteiger partial charge in [-0.15, -0.1) is 0 Å². The van der Waals surface area contributed by atoms with E-state index < -0.39 is 0 Å². The summed E-state index contributed by atoms with van der Waals surface area (Å²) in [5.74, 6) is 5.05. The minimum Gasteiger partial charge on any atom is -0.376 e. The first-order valence-corrected chi connectivity index (χ1v) is 3.10. The Morgan fingerprint density at radius 1 is 1.67 bits per heavy atom. The summed E-state index contributed by atoms with van der Waals surface area (Å²) in [6.07, 6.45) is 0.0556. The molecule has 0 aromatic heterocycles. The third-order valence-corrected chi connectivity index (χ3v) is 1.01. The Labute approximate surface area is 55.5 Å². The lowest BCUT2D eigenvalue weighted by atomic mass is 10.3. The van der Waals surface area contributed by atoms with Crippen LogP contribution >= 0.6 is 0 Å². The van der Waals surface area contributed by atoms with Crippen molar-refractivity contribution in [2.45, 2.75) is 13.0 Å². The first kappa shape index (κ1) is 8.84. The zero-order valence-corrected chi connectivity index (χ0v) is 5.76. The fourth-order valence-corrected chi connectivity index (χ4v) is 0.577. The summed E-state index contributed by atoms with van der Waals surface area (Å²) in [6.45, 7) is 3.74. The lowest BCUT2D eigenvalue weighted by Crippen LogP contribution is -2.38. The van der Waals surface area contributed by atoms with Crippen molar-refractivity contribution in [3.05, 3.63) is 0 Å². The molecule has 0 aliphatic heterocycles. The lowest BCUT2D eigenvalue weighted by molar-refractivity contribution is 0.0691. The molecule has 4 nitrogen and oxygen atoms in total. The maximum Gasteiger partial charge on any atom is 0.0835 e. The van der Waals surface area contributed by atoms with Crippen LogP contribution in [-0.4, -0.2) is 25.8 Å². The summed E-state index contributed by atoms with van der Waals surface area (Å²) in [4.78, 5) is 0. The molecule has 0 aromatic carbocycles. The van der Waals surface area contributed by atoms with Gasteiger partial charge in [0.2, 0.25) is 0 Å². The predicted octanol–water partition coefficient (Wildman–Crippen LogP) is -1.19. The van der Waals surface area contributed by atoms with E-state index >= 15 is 0 Å². The van der Waals surface area contributed by atoms with Crippen LogP contribution in [0.15, 0.2) is 0 Å². The summed E-state index contributed by atoms with van der Waals surface area (Å²) in [7, 11) is 0. The molecule has 0 saturated heterocycles. The average molecular weight is 133 g/mol. The number of hydrogen-bond donors (Lipinski definition) is 3. The van der Waals surface area contributed by atoms with E-state index in [-0.39, 0.29) is 6.10 Å². The Balaban J connectivity index is 3.18.